The predicted molar refractivity (Wildman–Crippen MR) is 84.2 cm³/mol. The number of benzene rings is 1. The van der Waals surface area contributed by atoms with Crippen molar-refractivity contribution < 1.29 is 4.79 Å². The van der Waals surface area contributed by atoms with Crippen LogP contribution in [0.1, 0.15) is 49.3 Å². The molecule has 108 valence electrons. The van der Waals surface area contributed by atoms with Crippen LogP contribution in [0.3, 0.4) is 0 Å². The Hall–Kier alpha value is -1.77. The van der Waals surface area contributed by atoms with E-state index in [1.165, 1.54) is 5.56 Å². The normalized spacial score (nSPS) is 11.6. The van der Waals surface area contributed by atoms with Gasteiger partial charge in [0.15, 0.2) is 0 Å². The molecule has 1 aromatic heterocycles. The molecule has 0 atom stereocenters. The number of H-pyrrole nitrogens is 1. The van der Waals surface area contributed by atoms with E-state index in [0.29, 0.717) is 0 Å². The van der Waals surface area contributed by atoms with Crippen LogP contribution >= 0.6 is 0 Å². The van der Waals surface area contributed by atoms with Gasteiger partial charge >= 0.3 is 0 Å². The Morgan fingerprint density at radius 3 is 2.25 bits per heavy atom. The topological polar surface area (TPSA) is 36.1 Å². The van der Waals surface area contributed by atoms with Gasteiger partial charge < -0.3 is 9.88 Å². The van der Waals surface area contributed by atoms with Gasteiger partial charge in [-0.05, 0) is 65.3 Å². The minimum atomic E-state index is 0.107. The van der Waals surface area contributed by atoms with Crippen molar-refractivity contribution in [3.63, 3.8) is 0 Å². The first-order chi connectivity index (χ1) is 9.32. The number of nitrogens with one attached hydrogen (secondary N) is 1. The molecule has 1 heterocycles. The molecule has 0 aliphatic carbocycles. The average Bonchev–Trinajstić information content (AvgIpc) is 2.64. The van der Waals surface area contributed by atoms with Gasteiger partial charge in [-0.3, -0.25) is 4.79 Å². The van der Waals surface area contributed by atoms with E-state index in [-0.39, 0.29) is 18.0 Å². The first-order valence-electron chi connectivity index (χ1n) is 7.24. The van der Waals surface area contributed by atoms with Crippen molar-refractivity contribution in [3.8, 4) is 0 Å². The van der Waals surface area contributed by atoms with Crippen LogP contribution in [0, 0.1) is 13.8 Å². The fraction of sp³-hybridized carbons (Fsp3) is 0.471. The van der Waals surface area contributed by atoms with Crippen molar-refractivity contribution in [3.05, 3.63) is 35.0 Å². The van der Waals surface area contributed by atoms with Crippen LogP contribution < -0.4 is 0 Å². The predicted octanol–water partition coefficient (Wildman–Crippen LogP) is 4.04. The Morgan fingerprint density at radius 2 is 1.70 bits per heavy atom. The molecular weight excluding hydrogens is 248 g/mol. The van der Waals surface area contributed by atoms with E-state index in [2.05, 4.69) is 46.5 Å². The SMILES string of the molecule is Cc1[nH]c2ccc(C(=O)N(C(C)C)C(C)C)cc2c1C. The standard InChI is InChI=1S/C17H24N2O/c1-10(2)19(11(3)4)17(20)14-7-8-16-15(9-14)12(5)13(6)18-16/h7-11,18H,1-6H3. The molecule has 0 saturated carbocycles. The molecule has 1 amide bonds. The lowest BCUT2D eigenvalue weighted by Gasteiger charge is -2.30. The number of aryl methyl sites for hydroxylation is 2. The van der Waals surface area contributed by atoms with Crippen LogP contribution in [0.25, 0.3) is 10.9 Å². The van der Waals surface area contributed by atoms with Gasteiger partial charge in [-0.2, -0.15) is 0 Å². The van der Waals surface area contributed by atoms with E-state index in [1.807, 2.05) is 23.1 Å². The Balaban J connectivity index is 2.47. The monoisotopic (exact) mass is 272 g/mol. The smallest absolute Gasteiger partial charge is 0.254 e. The molecule has 3 nitrogen and oxygen atoms in total. The summed E-state index contributed by atoms with van der Waals surface area (Å²) in [7, 11) is 0. The fourth-order valence-electron chi connectivity index (χ4n) is 2.81. The molecule has 0 saturated heterocycles. The first-order valence-corrected chi connectivity index (χ1v) is 7.24. The largest absolute Gasteiger partial charge is 0.358 e. The summed E-state index contributed by atoms with van der Waals surface area (Å²) in [5, 5.41) is 1.14. The maximum absolute atomic E-state index is 12.7. The van der Waals surface area contributed by atoms with Crippen molar-refractivity contribution in [2.24, 2.45) is 0 Å². The Bertz CT molecular complexity index is 630. The molecule has 0 fully saturated rings. The van der Waals surface area contributed by atoms with Gasteiger partial charge in [0.05, 0.1) is 0 Å². The van der Waals surface area contributed by atoms with Crippen molar-refractivity contribution in [2.45, 2.75) is 53.6 Å². The van der Waals surface area contributed by atoms with E-state index >= 15 is 0 Å². The quantitative estimate of drug-likeness (QED) is 0.899. The van der Waals surface area contributed by atoms with E-state index in [1.54, 1.807) is 0 Å². The summed E-state index contributed by atoms with van der Waals surface area (Å²) in [6.45, 7) is 12.4. The number of aromatic amines is 1. The number of aromatic nitrogens is 1. The number of amides is 1. The van der Waals surface area contributed by atoms with Crippen LogP contribution in [-0.4, -0.2) is 27.9 Å². The Morgan fingerprint density at radius 1 is 1.10 bits per heavy atom. The zero-order chi connectivity index (χ0) is 15.0. The fourth-order valence-corrected chi connectivity index (χ4v) is 2.81. The summed E-state index contributed by atoms with van der Waals surface area (Å²) in [6.07, 6.45) is 0. The zero-order valence-corrected chi connectivity index (χ0v) is 13.2. The molecule has 2 aromatic rings. The second kappa shape index (κ2) is 5.31. The highest BCUT2D eigenvalue weighted by Crippen LogP contribution is 2.23. The van der Waals surface area contributed by atoms with Crippen LogP contribution in [0.2, 0.25) is 0 Å². The van der Waals surface area contributed by atoms with Gasteiger partial charge in [-0.15, -0.1) is 0 Å². The molecule has 0 aliphatic rings. The van der Waals surface area contributed by atoms with E-state index in [0.717, 1.165) is 22.2 Å². The molecule has 0 radical (unpaired) electrons. The number of hydrogen-bond acceptors (Lipinski definition) is 1. The summed E-state index contributed by atoms with van der Waals surface area (Å²) in [6, 6.07) is 6.33. The molecule has 3 heteroatoms. The van der Waals surface area contributed by atoms with E-state index in [4.69, 9.17) is 0 Å². The summed E-state index contributed by atoms with van der Waals surface area (Å²) in [5.41, 5.74) is 4.24. The lowest BCUT2D eigenvalue weighted by Crippen LogP contribution is -2.42. The van der Waals surface area contributed by atoms with Crippen LogP contribution in [0.5, 0.6) is 0 Å². The van der Waals surface area contributed by atoms with E-state index < -0.39 is 0 Å². The minimum absolute atomic E-state index is 0.107. The van der Waals surface area contributed by atoms with Crippen molar-refractivity contribution in [2.75, 3.05) is 0 Å². The lowest BCUT2D eigenvalue weighted by atomic mass is 10.1. The maximum atomic E-state index is 12.7. The molecule has 20 heavy (non-hydrogen) atoms. The number of fused-ring (bicyclic) bond motifs is 1. The molecule has 2 rings (SSSR count). The van der Waals surface area contributed by atoms with Crippen LogP contribution in [0.4, 0.5) is 0 Å². The highest BCUT2D eigenvalue weighted by molar-refractivity contribution is 5.99. The Kier molecular flexibility index (Phi) is 3.89. The molecule has 0 unspecified atom stereocenters. The summed E-state index contributed by atoms with van der Waals surface area (Å²) < 4.78 is 0. The van der Waals surface area contributed by atoms with Crippen molar-refractivity contribution in [1.82, 2.24) is 9.88 Å². The number of nitrogens with zero attached hydrogens (tertiary/aromatic N) is 1. The highest BCUT2D eigenvalue weighted by atomic mass is 16.2. The zero-order valence-electron chi connectivity index (χ0n) is 13.2. The number of hydrogen-bond donors (Lipinski definition) is 1. The molecule has 0 spiro atoms. The van der Waals surface area contributed by atoms with E-state index in [9.17, 15) is 4.79 Å². The molecule has 1 N–H and O–H groups in total. The van der Waals surface area contributed by atoms with Gasteiger partial charge in [-0.1, -0.05) is 0 Å². The second-order valence-corrected chi connectivity index (χ2v) is 6.04. The summed E-state index contributed by atoms with van der Waals surface area (Å²) >= 11 is 0. The van der Waals surface area contributed by atoms with Gasteiger partial charge in [0.1, 0.15) is 0 Å². The number of rotatable bonds is 3. The minimum Gasteiger partial charge on any atom is -0.358 e. The molecule has 1 aromatic carbocycles. The van der Waals surface area contributed by atoms with Crippen molar-refractivity contribution >= 4 is 16.8 Å². The number of carbonyl (C=O) groups is 1. The molecule has 0 bridgehead atoms. The van der Waals surface area contributed by atoms with Gasteiger partial charge in [0.2, 0.25) is 0 Å². The lowest BCUT2D eigenvalue weighted by molar-refractivity contribution is 0.0644. The number of carbonyl (C=O) groups excluding carboxylic acids is 1. The third kappa shape index (κ3) is 2.45. The third-order valence-electron chi connectivity index (χ3n) is 3.90. The average molecular weight is 272 g/mol. The van der Waals surface area contributed by atoms with Crippen molar-refractivity contribution in [1.29, 1.82) is 0 Å². The third-order valence-corrected chi connectivity index (χ3v) is 3.90. The summed E-state index contributed by atoms with van der Waals surface area (Å²) in [4.78, 5) is 18.0. The second-order valence-electron chi connectivity index (χ2n) is 6.04. The first kappa shape index (κ1) is 14.6. The maximum Gasteiger partial charge on any atom is 0.254 e. The van der Waals surface area contributed by atoms with Gasteiger partial charge in [0.25, 0.3) is 5.91 Å². The van der Waals surface area contributed by atoms with Gasteiger partial charge in [0, 0.05) is 34.2 Å². The van der Waals surface area contributed by atoms with Crippen LogP contribution in [0.15, 0.2) is 18.2 Å². The van der Waals surface area contributed by atoms with Gasteiger partial charge in [-0.25, -0.2) is 0 Å². The molecule has 0 aliphatic heterocycles. The van der Waals surface area contributed by atoms with Crippen LogP contribution in [-0.2, 0) is 0 Å². The summed E-state index contributed by atoms with van der Waals surface area (Å²) in [5.74, 6) is 0.107. The highest BCUT2D eigenvalue weighted by Gasteiger charge is 2.22. The Labute approximate surface area is 121 Å². The molecular formula is C17H24N2O.